The van der Waals surface area contributed by atoms with Gasteiger partial charge in [0.15, 0.2) is 0 Å². The minimum atomic E-state index is -1.21. The lowest BCUT2D eigenvalue weighted by molar-refractivity contribution is 0.398. The van der Waals surface area contributed by atoms with E-state index in [1.807, 2.05) is 0 Å². The largest absolute Gasteiger partial charge is 0.466 e. The van der Waals surface area contributed by atoms with Crippen LogP contribution in [0.15, 0.2) is 0 Å². The van der Waals surface area contributed by atoms with Crippen molar-refractivity contribution < 1.29 is 10.0 Å². The minimum absolute atomic E-state index is 0.285. The van der Waals surface area contributed by atoms with Gasteiger partial charge in [0.05, 0.1) is 0 Å². The predicted octanol–water partition coefficient (Wildman–Crippen LogP) is 0.558. The Balaban J connectivity index is 2.82. The van der Waals surface area contributed by atoms with Gasteiger partial charge in [-0.05, 0) is 13.0 Å². The van der Waals surface area contributed by atoms with Crippen molar-refractivity contribution in [3.05, 3.63) is 0 Å². The molecule has 0 bridgehead atoms. The zero-order valence-electron chi connectivity index (χ0n) is 7.92. The van der Waals surface area contributed by atoms with Gasteiger partial charge in [0, 0.05) is 6.44 Å². The molecule has 0 atom stereocenters. The quantitative estimate of drug-likeness (QED) is 0.371. The summed E-state index contributed by atoms with van der Waals surface area (Å²) < 4.78 is 0. The van der Waals surface area contributed by atoms with E-state index < -0.39 is 7.12 Å². The molecule has 0 aromatic carbocycles. The maximum absolute atomic E-state index is 8.49. The second-order valence-corrected chi connectivity index (χ2v) is 3.10. The van der Waals surface area contributed by atoms with E-state index in [2.05, 4.69) is 12.2 Å². The van der Waals surface area contributed by atoms with E-state index in [9.17, 15) is 0 Å². The van der Waals surface area contributed by atoms with Crippen LogP contribution in [0.5, 0.6) is 0 Å². The molecule has 0 rings (SSSR count). The van der Waals surface area contributed by atoms with Crippen molar-refractivity contribution in [3.63, 3.8) is 0 Å². The van der Waals surface area contributed by atoms with Gasteiger partial charge >= 0.3 is 7.12 Å². The van der Waals surface area contributed by atoms with Crippen LogP contribution in [-0.4, -0.2) is 30.2 Å². The summed E-state index contributed by atoms with van der Waals surface area (Å²) in [5, 5.41) is 19.9. The van der Waals surface area contributed by atoms with Crippen molar-refractivity contribution in [1.82, 2.24) is 5.32 Å². The topological polar surface area (TPSA) is 52.5 Å². The average Bonchev–Trinajstić information content (AvgIpc) is 2.02. The minimum Gasteiger partial charge on any atom is -0.426 e. The summed E-state index contributed by atoms with van der Waals surface area (Å²) in [6, 6.07) is 0. The van der Waals surface area contributed by atoms with Crippen molar-refractivity contribution in [3.8, 4) is 0 Å². The van der Waals surface area contributed by atoms with E-state index in [0.717, 1.165) is 13.0 Å². The molecule has 3 N–H and O–H groups in total. The molecule has 0 aromatic rings. The van der Waals surface area contributed by atoms with Gasteiger partial charge in [-0.2, -0.15) is 0 Å². The molecule has 0 saturated heterocycles. The highest BCUT2D eigenvalue weighted by molar-refractivity contribution is 6.41. The van der Waals surface area contributed by atoms with Crippen molar-refractivity contribution in [1.29, 1.82) is 0 Å². The van der Waals surface area contributed by atoms with Crippen LogP contribution in [0.2, 0.25) is 0 Å². The van der Waals surface area contributed by atoms with E-state index >= 15 is 0 Å². The summed E-state index contributed by atoms with van der Waals surface area (Å²) in [6.07, 6.45) is 6.52. The van der Waals surface area contributed by atoms with Gasteiger partial charge in [-0.3, -0.25) is 0 Å². The van der Waals surface area contributed by atoms with Crippen molar-refractivity contribution >= 4 is 7.12 Å². The molecule has 0 unspecified atom stereocenters. The summed E-state index contributed by atoms with van der Waals surface area (Å²) in [5.74, 6) is 0. The number of nitrogens with one attached hydrogen (secondary N) is 1. The molecular weight excluding hydrogens is 153 g/mol. The molecule has 12 heavy (non-hydrogen) atoms. The molecule has 0 amide bonds. The van der Waals surface area contributed by atoms with Crippen LogP contribution in [0.4, 0.5) is 0 Å². The third-order valence-corrected chi connectivity index (χ3v) is 1.78. The Kier molecular flexibility index (Phi) is 8.99. The second-order valence-electron chi connectivity index (χ2n) is 3.10. The first-order valence-electron chi connectivity index (χ1n) is 4.84. The standard InChI is InChI=1S/C8H20BNO2/c1-2-3-4-5-6-7-10-8-9(11)12/h10-12H,2-8H2,1H3. The Morgan fingerprint density at radius 1 is 1.08 bits per heavy atom. The first-order chi connectivity index (χ1) is 5.77. The van der Waals surface area contributed by atoms with Crippen molar-refractivity contribution in [2.45, 2.75) is 39.0 Å². The van der Waals surface area contributed by atoms with Gasteiger partial charge in [0.1, 0.15) is 0 Å². The summed E-state index contributed by atoms with van der Waals surface area (Å²) in [4.78, 5) is 0. The smallest absolute Gasteiger partial charge is 0.426 e. The third-order valence-electron chi connectivity index (χ3n) is 1.78. The van der Waals surface area contributed by atoms with Gasteiger partial charge in [-0.15, -0.1) is 0 Å². The van der Waals surface area contributed by atoms with Crippen LogP contribution in [0.25, 0.3) is 0 Å². The molecule has 0 radical (unpaired) electrons. The van der Waals surface area contributed by atoms with Gasteiger partial charge in [0.25, 0.3) is 0 Å². The second kappa shape index (κ2) is 9.04. The van der Waals surface area contributed by atoms with Crippen LogP contribution in [-0.2, 0) is 0 Å². The van der Waals surface area contributed by atoms with Crippen LogP contribution in [0, 0.1) is 0 Å². The first-order valence-corrected chi connectivity index (χ1v) is 4.84. The van der Waals surface area contributed by atoms with Gasteiger partial charge < -0.3 is 15.4 Å². The molecular formula is C8H20BNO2. The molecule has 0 spiro atoms. The highest BCUT2D eigenvalue weighted by Gasteiger charge is 2.03. The molecule has 0 aliphatic heterocycles. The monoisotopic (exact) mass is 173 g/mol. The Morgan fingerprint density at radius 2 is 1.75 bits per heavy atom. The fraction of sp³-hybridized carbons (Fsp3) is 1.00. The predicted molar refractivity (Wildman–Crippen MR) is 51.8 cm³/mol. The Labute approximate surface area is 75.3 Å². The van der Waals surface area contributed by atoms with Gasteiger partial charge in [-0.25, -0.2) is 0 Å². The molecule has 0 heterocycles. The van der Waals surface area contributed by atoms with E-state index in [1.54, 1.807) is 0 Å². The highest BCUT2D eigenvalue weighted by atomic mass is 16.4. The normalized spacial score (nSPS) is 10.2. The SMILES string of the molecule is CCCCCCCNCB(O)O. The van der Waals surface area contributed by atoms with E-state index in [1.165, 1.54) is 25.7 Å². The van der Waals surface area contributed by atoms with E-state index in [-0.39, 0.29) is 6.44 Å². The van der Waals surface area contributed by atoms with Crippen LogP contribution >= 0.6 is 0 Å². The summed E-state index contributed by atoms with van der Waals surface area (Å²) >= 11 is 0. The Hall–Kier alpha value is -0.0551. The van der Waals surface area contributed by atoms with E-state index in [4.69, 9.17) is 10.0 Å². The third kappa shape index (κ3) is 9.94. The zero-order valence-corrected chi connectivity index (χ0v) is 7.92. The Morgan fingerprint density at radius 3 is 2.33 bits per heavy atom. The van der Waals surface area contributed by atoms with Crippen molar-refractivity contribution in [2.24, 2.45) is 0 Å². The van der Waals surface area contributed by atoms with Crippen LogP contribution < -0.4 is 5.32 Å². The highest BCUT2D eigenvalue weighted by Crippen LogP contribution is 2.00. The lowest BCUT2D eigenvalue weighted by Gasteiger charge is -2.02. The zero-order chi connectivity index (χ0) is 9.23. The number of unbranched alkanes of at least 4 members (excludes halogenated alkanes) is 4. The maximum atomic E-state index is 8.49. The summed E-state index contributed by atoms with van der Waals surface area (Å²) in [5.41, 5.74) is 0. The summed E-state index contributed by atoms with van der Waals surface area (Å²) in [6.45, 7) is 3.09. The maximum Gasteiger partial charge on any atom is 0.466 e. The molecule has 3 nitrogen and oxygen atoms in total. The summed E-state index contributed by atoms with van der Waals surface area (Å²) in [7, 11) is -1.21. The average molecular weight is 173 g/mol. The van der Waals surface area contributed by atoms with Crippen LogP contribution in [0.3, 0.4) is 0 Å². The molecule has 0 saturated carbocycles. The Bertz CT molecular complexity index is 91.1. The van der Waals surface area contributed by atoms with Crippen LogP contribution in [0.1, 0.15) is 39.0 Å². The van der Waals surface area contributed by atoms with E-state index in [0.29, 0.717) is 0 Å². The molecule has 0 aliphatic carbocycles. The number of hydrogen-bond donors (Lipinski definition) is 3. The fourth-order valence-corrected chi connectivity index (χ4v) is 1.08. The lowest BCUT2D eigenvalue weighted by Crippen LogP contribution is -2.31. The molecule has 4 heteroatoms. The lowest BCUT2D eigenvalue weighted by atomic mass is 9.92. The number of hydrogen-bond acceptors (Lipinski definition) is 3. The molecule has 0 aliphatic rings. The first kappa shape index (κ1) is 11.9. The number of rotatable bonds is 8. The van der Waals surface area contributed by atoms with Gasteiger partial charge in [0.2, 0.25) is 0 Å². The van der Waals surface area contributed by atoms with Crippen molar-refractivity contribution in [2.75, 3.05) is 13.0 Å². The molecule has 0 aromatic heterocycles. The fourth-order valence-electron chi connectivity index (χ4n) is 1.08. The molecule has 72 valence electrons. The molecule has 0 fully saturated rings. The van der Waals surface area contributed by atoms with Gasteiger partial charge in [-0.1, -0.05) is 32.6 Å².